The van der Waals surface area contributed by atoms with E-state index < -0.39 is 72.1 Å². The molecule has 0 aromatic rings. The molecule has 4 rings (SSSR count). The molecule has 4 atom stereocenters. The predicted molar refractivity (Wildman–Crippen MR) is 151 cm³/mol. The highest BCUT2D eigenvalue weighted by Gasteiger charge is 2.73. The van der Waals surface area contributed by atoms with Crippen LogP contribution in [-0.4, -0.2) is 56.8 Å². The minimum Gasteiger partial charge on any atom is -0.380 e. The zero-order valence-electron chi connectivity index (χ0n) is 27.2. The third kappa shape index (κ3) is 7.62. The van der Waals surface area contributed by atoms with E-state index in [1.165, 1.54) is 0 Å². The Morgan fingerprint density at radius 3 is 0.771 bits per heavy atom. The van der Waals surface area contributed by atoms with E-state index in [1.807, 2.05) is 0 Å². The highest BCUT2D eigenvalue weighted by Crippen LogP contribution is 2.57. The zero-order valence-corrected chi connectivity index (χ0v) is 27.2. The average molecular weight is 721 g/mol. The van der Waals surface area contributed by atoms with E-state index in [0.717, 1.165) is 13.8 Å². The Morgan fingerprint density at radius 2 is 0.562 bits per heavy atom. The summed E-state index contributed by atoms with van der Waals surface area (Å²) in [5.41, 5.74) is -10.5. The molecule has 0 aromatic carbocycles. The monoisotopic (exact) mass is 720 g/mol. The molecule has 0 heterocycles. The van der Waals surface area contributed by atoms with E-state index in [0.29, 0.717) is 44.9 Å². The third-order valence-corrected chi connectivity index (χ3v) is 13.3. The summed E-state index contributed by atoms with van der Waals surface area (Å²) < 4.78 is 162. The van der Waals surface area contributed by atoms with E-state index in [-0.39, 0.29) is 74.0 Å². The van der Waals surface area contributed by atoms with Crippen LogP contribution in [0, 0.1) is 53.3 Å². The van der Waals surface area contributed by atoms with E-state index in [2.05, 4.69) is 0 Å². The van der Waals surface area contributed by atoms with Crippen LogP contribution in [0.1, 0.15) is 110 Å². The Bertz CT molecular complexity index is 988. The highest BCUT2D eigenvalue weighted by molar-refractivity contribution is 5.02. The SMILES string of the molecule is CC(O)(C1CCC(C2CC(C3CCC(C(C)(O)C(F)(F)F)CC3)CC(C3CCC(C(O)(C(F)(F)F)C(F)(F)F)CC3)C2)CC1)C(F)(F)F. The van der Waals surface area contributed by atoms with Crippen molar-refractivity contribution in [2.24, 2.45) is 53.3 Å². The van der Waals surface area contributed by atoms with Crippen molar-refractivity contribution < 1.29 is 68.0 Å². The van der Waals surface area contributed by atoms with Gasteiger partial charge in [-0.2, -0.15) is 52.7 Å². The molecule has 4 unspecified atom stereocenters. The molecule has 0 bridgehead atoms. The van der Waals surface area contributed by atoms with Crippen LogP contribution < -0.4 is 0 Å². The van der Waals surface area contributed by atoms with Gasteiger partial charge in [0.15, 0.2) is 11.2 Å². The first-order chi connectivity index (χ1) is 21.7. The van der Waals surface area contributed by atoms with Gasteiger partial charge in [0.05, 0.1) is 0 Å². The van der Waals surface area contributed by atoms with Gasteiger partial charge in [0.25, 0.3) is 5.60 Å². The Kier molecular flexibility index (Phi) is 11.2. The fraction of sp³-hybridized carbons (Fsp3) is 1.00. The lowest BCUT2D eigenvalue weighted by molar-refractivity contribution is -0.387. The van der Waals surface area contributed by atoms with Gasteiger partial charge >= 0.3 is 24.7 Å². The van der Waals surface area contributed by atoms with Crippen LogP contribution in [0.3, 0.4) is 0 Å². The van der Waals surface area contributed by atoms with Crippen LogP contribution in [0.2, 0.25) is 0 Å². The smallest absolute Gasteiger partial charge is 0.380 e. The second kappa shape index (κ2) is 13.5. The molecule has 4 aliphatic carbocycles. The molecule has 0 amide bonds. The fourth-order valence-electron chi connectivity index (χ4n) is 10.0. The lowest BCUT2D eigenvalue weighted by atomic mass is 9.57. The number of halogens is 12. The summed E-state index contributed by atoms with van der Waals surface area (Å²) in [4.78, 5) is 0. The first kappa shape index (κ1) is 39.8. The van der Waals surface area contributed by atoms with Crippen LogP contribution >= 0.6 is 0 Å². The molecular weight excluding hydrogens is 672 g/mol. The first-order valence-electron chi connectivity index (χ1n) is 17.2. The second-order valence-electron chi connectivity index (χ2n) is 15.9. The lowest BCUT2D eigenvalue weighted by Crippen LogP contribution is -2.62. The largest absolute Gasteiger partial charge is 0.426 e. The summed E-state index contributed by atoms with van der Waals surface area (Å²) in [5.74, 6) is -4.38. The van der Waals surface area contributed by atoms with Crippen molar-refractivity contribution in [3.8, 4) is 0 Å². The minimum atomic E-state index is -5.91. The van der Waals surface area contributed by atoms with Crippen molar-refractivity contribution in [1.29, 1.82) is 0 Å². The molecule has 4 saturated carbocycles. The van der Waals surface area contributed by atoms with Gasteiger partial charge in [-0.25, -0.2) is 0 Å². The molecule has 15 heteroatoms. The standard InChI is InChI=1S/C33H48F12O3/c1-27(46,30(34,35)36)24-9-3-18(4-10-24)21-15-22(19-5-11-25(12-6-19)28(2,47)31(37,38)39)17-23(16-21)20-7-13-26(14-8-20)29(48,32(40,41)42)33(43,44)45/h18-26,46-48H,3-17H2,1-2H3. The molecule has 0 aromatic heterocycles. The van der Waals surface area contributed by atoms with Crippen molar-refractivity contribution in [2.75, 3.05) is 0 Å². The van der Waals surface area contributed by atoms with Crippen molar-refractivity contribution >= 4 is 0 Å². The number of alkyl halides is 12. The highest BCUT2D eigenvalue weighted by atomic mass is 19.4. The molecule has 4 fully saturated rings. The molecule has 0 aliphatic heterocycles. The molecule has 0 spiro atoms. The van der Waals surface area contributed by atoms with Crippen LogP contribution in [0.15, 0.2) is 0 Å². The molecule has 3 nitrogen and oxygen atoms in total. The van der Waals surface area contributed by atoms with Gasteiger partial charge in [-0.15, -0.1) is 0 Å². The predicted octanol–water partition coefficient (Wildman–Crippen LogP) is 9.92. The van der Waals surface area contributed by atoms with Gasteiger partial charge in [-0.05, 0) is 158 Å². The van der Waals surface area contributed by atoms with Crippen LogP contribution in [0.25, 0.3) is 0 Å². The first-order valence-corrected chi connectivity index (χ1v) is 17.2. The number of hydrogen-bond acceptors (Lipinski definition) is 3. The quantitative estimate of drug-likeness (QED) is 0.240. The maximum atomic E-state index is 13.6. The fourth-order valence-corrected chi connectivity index (χ4v) is 10.0. The van der Waals surface area contributed by atoms with Crippen LogP contribution in [-0.2, 0) is 0 Å². The molecule has 4 aliphatic rings. The van der Waals surface area contributed by atoms with Crippen LogP contribution in [0.4, 0.5) is 52.7 Å². The van der Waals surface area contributed by atoms with Crippen molar-refractivity contribution in [3.05, 3.63) is 0 Å². The van der Waals surface area contributed by atoms with Crippen molar-refractivity contribution in [2.45, 2.75) is 152 Å². The molecule has 3 N–H and O–H groups in total. The summed E-state index contributed by atoms with van der Waals surface area (Å²) >= 11 is 0. The van der Waals surface area contributed by atoms with Gasteiger partial charge in [0.2, 0.25) is 0 Å². The molecule has 48 heavy (non-hydrogen) atoms. The molecule has 282 valence electrons. The van der Waals surface area contributed by atoms with Gasteiger partial charge in [0, 0.05) is 5.92 Å². The Labute approximate surface area is 273 Å². The van der Waals surface area contributed by atoms with Crippen LogP contribution in [0.5, 0.6) is 0 Å². The Hall–Kier alpha value is -0.960. The molecule has 0 saturated heterocycles. The topological polar surface area (TPSA) is 60.7 Å². The van der Waals surface area contributed by atoms with E-state index in [9.17, 15) is 68.0 Å². The summed E-state index contributed by atoms with van der Waals surface area (Å²) in [6.07, 6.45) is -18.2. The Balaban J connectivity index is 1.49. The minimum absolute atomic E-state index is 0.00143. The lowest BCUT2D eigenvalue weighted by Gasteiger charge is -2.49. The summed E-state index contributed by atoms with van der Waals surface area (Å²) in [6, 6.07) is 0. The van der Waals surface area contributed by atoms with Gasteiger partial charge in [0.1, 0.15) is 0 Å². The number of rotatable bonds is 6. The van der Waals surface area contributed by atoms with Gasteiger partial charge < -0.3 is 15.3 Å². The number of aliphatic hydroxyl groups is 3. The van der Waals surface area contributed by atoms with E-state index >= 15 is 0 Å². The zero-order chi connectivity index (χ0) is 36.3. The van der Waals surface area contributed by atoms with E-state index in [4.69, 9.17) is 0 Å². The molecule has 0 radical (unpaired) electrons. The number of hydrogen-bond donors (Lipinski definition) is 3. The summed E-state index contributed by atoms with van der Waals surface area (Å²) in [5, 5.41) is 30.4. The average Bonchev–Trinajstić information content (AvgIpc) is 2.98. The summed E-state index contributed by atoms with van der Waals surface area (Å²) in [6.45, 7) is 1.54. The maximum absolute atomic E-state index is 13.6. The van der Waals surface area contributed by atoms with Crippen molar-refractivity contribution in [1.82, 2.24) is 0 Å². The Morgan fingerprint density at radius 1 is 0.333 bits per heavy atom. The van der Waals surface area contributed by atoms with Crippen molar-refractivity contribution in [3.63, 3.8) is 0 Å². The third-order valence-electron chi connectivity index (χ3n) is 13.3. The summed E-state index contributed by atoms with van der Waals surface area (Å²) in [7, 11) is 0. The van der Waals surface area contributed by atoms with Gasteiger partial charge in [-0.3, -0.25) is 0 Å². The maximum Gasteiger partial charge on any atom is 0.426 e. The van der Waals surface area contributed by atoms with Gasteiger partial charge in [-0.1, -0.05) is 0 Å². The second-order valence-corrected chi connectivity index (χ2v) is 15.9. The van der Waals surface area contributed by atoms with E-state index in [1.54, 1.807) is 0 Å². The normalized spacial score (nSPS) is 37.8. The molecular formula is C33H48F12O3.